The van der Waals surface area contributed by atoms with E-state index < -0.39 is 0 Å². The molecular formula is C18H18BrN3O2. The Morgan fingerprint density at radius 2 is 2.12 bits per heavy atom. The Hall–Kier alpha value is -2.36. The van der Waals surface area contributed by atoms with E-state index in [4.69, 9.17) is 10.00 Å². The minimum atomic E-state index is -0.162. The molecule has 2 rings (SSSR count). The molecule has 2 aromatic rings. The maximum atomic E-state index is 12.0. The van der Waals surface area contributed by atoms with E-state index in [0.29, 0.717) is 11.3 Å². The summed E-state index contributed by atoms with van der Waals surface area (Å²) in [5, 5.41) is 14.8. The highest BCUT2D eigenvalue weighted by Crippen LogP contribution is 2.27. The van der Waals surface area contributed by atoms with Crippen LogP contribution < -0.4 is 15.4 Å². The van der Waals surface area contributed by atoms with Crippen molar-refractivity contribution < 1.29 is 9.53 Å². The highest BCUT2D eigenvalue weighted by atomic mass is 79.9. The molecule has 0 aliphatic carbocycles. The van der Waals surface area contributed by atoms with Crippen LogP contribution in [0.4, 0.5) is 5.69 Å². The smallest absolute Gasteiger partial charge is 0.238 e. The summed E-state index contributed by atoms with van der Waals surface area (Å²) in [7, 11) is 1.62. The third-order valence-electron chi connectivity index (χ3n) is 3.52. The van der Waals surface area contributed by atoms with Gasteiger partial charge in [-0.05, 0) is 58.7 Å². The number of hydrogen-bond acceptors (Lipinski definition) is 4. The summed E-state index contributed by atoms with van der Waals surface area (Å²) in [6, 6.07) is 14.7. The van der Waals surface area contributed by atoms with Crippen LogP contribution in [0.15, 0.2) is 46.9 Å². The van der Waals surface area contributed by atoms with Gasteiger partial charge in [-0.3, -0.25) is 4.79 Å². The molecule has 0 aromatic heterocycles. The van der Waals surface area contributed by atoms with Crippen molar-refractivity contribution in [3.8, 4) is 11.8 Å². The Kier molecular flexibility index (Phi) is 6.36. The first-order valence-electron chi connectivity index (χ1n) is 7.40. The fourth-order valence-electron chi connectivity index (χ4n) is 2.19. The van der Waals surface area contributed by atoms with E-state index in [9.17, 15) is 4.79 Å². The molecule has 5 nitrogen and oxygen atoms in total. The first-order valence-corrected chi connectivity index (χ1v) is 8.19. The molecule has 0 heterocycles. The van der Waals surface area contributed by atoms with Gasteiger partial charge in [0.15, 0.2) is 0 Å². The zero-order valence-corrected chi connectivity index (χ0v) is 15.1. The molecule has 0 fully saturated rings. The molecule has 124 valence electrons. The average Bonchev–Trinajstić information content (AvgIpc) is 2.59. The van der Waals surface area contributed by atoms with E-state index in [0.717, 1.165) is 15.8 Å². The lowest BCUT2D eigenvalue weighted by atomic mass is 10.1. The van der Waals surface area contributed by atoms with Crippen LogP contribution in [-0.2, 0) is 4.79 Å². The van der Waals surface area contributed by atoms with Gasteiger partial charge in [0.2, 0.25) is 5.91 Å². The summed E-state index contributed by atoms with van der Waals surface area (Å²) >= 11 is 3.46. The van der Waals surface area contributed by atoms with Gasteiger partial charge in [0.25, 0.3) is 0 Å². The first kappa shape index (κ1) is 18.0. The van der Waals surface area contributed by atoms with Gasteiger partial charge in [-0.1, -0.05) is 12.1 Å². The van der Waals surface area contributed by atoms with Crippen LogP contribution in [0.25, 0.3) is 0 Å². The predicted molar refractivity (Wildman–Crippen MR) is 96.9 cm³/mol. The number of nitrogens with zero attached hydrogens (tertiary/aromatic N) is 1. The summed E-state index contributed by atoms with van der Waals surface area (Å²) in [5.74, 6) is 0.602. The van der Waals surface area contributed by atoms with Crippen molar-refractivity contribution in [2.24, 2.45) is 0 Å². The molecule has 1 atom stereocenters. The molecule has 6 heteroatoms. The monoisotopic (exact) mass is 387 g/mol. The van der Waals surface area contributed by atoms with Crippen LogP contribution in [-0.4, -0.2) is 19.6 Å². The van der Waals surface area contributed by atoms with Crippen molar-refractivity contribution >= 4 is 27.5 Å². The number of hydrogen-bond donors (Lipinski definition) is 2. The highest BCUT2D eigenvalue weighted by Gasteiger charge is 2.10. The molecule has 0 saturated carbocycles. The van der Waals surface area contributed by atoms with Crippen molar-refractivity contribution in [3.63, 3.8) is 0 Å². The van der Waals surface area contributed by atoms with Crippen molar-refractivity contribution in [3.05, 3.63) is 58.1 Å². The number of halogens is 1. The third kappa shape index (κ3) is 4.82. The van der Waals surface area contributed by atoms with Crippen LogP contribution in [0.3, 0.4) is 0 Å². The lowest BCUT2D eigenvalue weighted by Crippen LogP contribution is -2.30. The summed E-state index contributed by atoms with van der Waals surface area (Å²) in [6.45, 7) is 2.15. The Bertz CT molecular complexity index is 771. The van der Waals surface area contributed by atoms with Crippen molar-refractivity contribution in [1.29, 1.82) is 5.26 Å². The normalized spacial score (nSPS) is 11.4. The Labute approximate surface area is 149 Å². The van der Waals surface area contributed by atoms with Gasteiger partial charge in [-0.2, -0.15) is 5.26 Å². The van der Waals surface area contributed by atoms with Crippen LogP contribution >= 0.6 is 15.9 Å². The molecule has 0 unspecified atom stereocenters. The zero-order chi connectivity index (χ0) is 17.5. The average molecular weight is 388 g/mol. The van der Waals surface area contributed by atoms with E-state index in [1.807, 2.05) is 31.2 Å². The van der Waals surface area contributed by atoms with Crippen LogP contribution in [0, 0.1) is 11.3 Å². The minimum Gasteiger partial charge on any atom is -0.496 e. The van der Waals surface area contributed by atoms with Crippen LogP contribution in [0.1, 0.15) is 24.1 Å². The van der Waals surface area contributed by atoms with E-state index in [1.165, 1.54) is 0 Å². The number of nitrogens with one attached hydrogen (secondary N) is 2. The molecule has 0 aliphatic rings. The largest absolute Gasteiger partial charge is 0.496 e. The highest BCUT2D eigenvalue weighted by molar-refractivity contribution is 9.10. The first-order chi connectivity index (χ1) is 11.5. The van der Waals surface area contributed by atoms with Crippen molar-refractivity contribution in [1.82, 2.24) is 5.32 Å². The third-order valence-corrected chi connectivity index (χ3v) is 4.14. The molecular weight excluding hydrogens is 370 g/mol. The number of methoxy groups -OCH3 is 1. The maximum Gasteiger partial charge on any atom is 0.238 e. The summed E-state index contributed by atoms with van der Waals surface area (Å²) in [4.78, 5) is 12.0. The number of nitriles is 1. The van der Waals surface area contributed by atoms with Gasteiger partial charge in [-0.15, -0.1) is 0 Å². The predicted octanol–water partition coefficient (Wildman–Crippen LogP) is 3.62. The molecule has 1 amide bonds. The molecule has 0 spiro atoms. The van der Waals surface area contributed by atoms with E-state index in [2.05, 4.69) is 26.6 Å². The number of carbonyl (C=O) groups excluding carboxylic acids is 1. The molecule has 0 radical (unpaired) electrons. The van der Waals surface area contributed by atoms with Gasteiger partial charge in [-0.25, -0.2) is 0 Å². The topological polar surface area (TPSA) is 74.2 Å². The van der Waals surface area contributed by atoms with E-state index in [1.54, 1.807) is 31.4 Å². The molecule has 0 bridgehead atoms. The second-order valence-electron chi connectivity index (χ2n) is 5.24. The molecule has 2 N–H and O–H groups in total. The quantitative estimate of drug-likeness (QED) is 0.793. The van der Waals surface area contributed by atoms with E-state index in [-0.39, 0.29) is 18.5 Å². The second kappa shape index (κ2) is 8.48. The summed E-state index contributed by atoms with van der Waals surface area (Å²) < 4.78 is 6.08. The van der Waals surface area contributed by atoms with Gasteiger partial charge in [0.1, 0.15) is 5.75 Å². The lowest BCUT2D eigenvalue weighted by Gasteiger charge is -2.15. The van der Waals surface area contributed by atoms with Gasteiger partial charge < -0.3 is 15.4 Å². The number of amides is 1. The van der Waals surface area contributed by atoms with Crippen LogP contribution in [0.5, 0.6) is 5.75 Å². The summed E-state index contributed by atoms with van der Waals surface area (Å²) in [6.07, 6.45) is 0. The zero-order valence-electron chi connectivity index (χ0n) is 13.5. The Morgan fingerprint density at radius 3 is 2.79 bits per heavy atom. The standard InChI is InChI=1S/C18H18BrN3O2/c1-12(14-6-7-17(24-2)16(19)9-14)21-11-18(23)22-15-5-3-4-13(8-15)10-20/h3-9,12,21H,11H2,1-2H3,(H,22,23)/t12-/m0/s1. The number of benzene rings is 2. The molecule has 0 aliphatic heterocycles. The number of anilines is 1. The Morgan fingerprint density at radius 1 is 1.33 bits per heavy atom. The molecule has 2 aromatic carbocycles. The number of carbonyl (C=O) groups is 1. The molecule has 24 heavy (non-hydrogen) atoms. The second-order valence-corrected chi connectivity index (χ2v) is 6.09. The summed E-state index contributed by atoms with van der Waals surface area (Å²) in [5.41, 5.74) is 2.17. The van der Waals surface area contributed by atoms with E-state index >= 15 is 0 Å². The van der Waals surface area contributed by atoms with Crippen molar-refractivity contribution in [2.45, 2.75) is 13.0 Å². The maximum absolute atomic E-state index is 12.0. The van der Waals surface area contributed by atoms with Crippen molar-refractivity contribution in [2.75, 3.05) is 19.0 Å². The fraction of sp³-hybridized carbons (Fsp3) is 0.222. The SMILES string of the molecule is COc1ccc([C@H](C)NCC(=O)Nc2cccc(C#N)c2)cc1Br. The van der Waals surface area contributed by atoms with Gasteiger partial charge in [0, 0.05) is 11.7 Å². The van der Waals surface area contributed by atoms with Gasteiger partial charge >= 0.3 is 0 Å². The fourth-order valence-corrected chi connectivity index (χ4v) is 2.75. The number of rotatable bonds is 6. The van der Waals surface area contributed by atoms with Gasteiger partial charge in [0.05, 0.1) is 29.8 Å². The Balaban J connectivity index is 1.91. The van der Waals surface area contributed by atoms with Crippen LogP contribution in [0.2, 0.25) is 0 Å². The number of ether oxygens (including phenoxy) is 1. The lowest BCUT2D eigenvalue weighted by molar-refractivity contribution is -0.115. The molecule has 0 saturated heterocycles. The minimum absolute atomic E-state index is 0.00315.